The first-order valence-electron chi connectivity index (χ1n) is 8.44. The Labute approximate surface area is 142 Å². The number of fused-ring (bicyclic) bond motifs is 1. The molecule has 128 valence electrons. The lowest BCUT2D eigenvalue weighted by molar-refractivity contribution is -0.139. The lowest BCUT2D eigenvalue weighted by Crippen LogP contribution is -2.47. The van der Waals surface area contributed by atoms with Gasteiger partial charge >= 0.3 is 0 Å². The second-order valence-corrected chi connectivity index (χ2v) is 7.22. The number of hydrogen-bond donors (Lipinski definition) is 0. The molecule has 7 nitrogen and oxygen atoms in total. The molecule has 0 radical (unpaired) electrons. The lowest BCUT2D eigenvalue weighted by Gasteiger charge is -2.37. The van der Waals surface area contributed by atoms with Gasteiger partial charge in [0.1, 0.15) is 0 Å². The fourth-order valence-electron chi connectivity index (χ4n) is 3.08. The number of hydrogen-bond acceptors (Lipinski definition) is 5. The van der Waals surface area contributed by atoms with Crippen LogP contribution in [0.5, 0.6) is 0 Å². The molecule has 7 heteroatoms. The van der Waals surface area contributed by atoms with E-state index in [0.717, 1.165) is 31.5 Å². The normalized spacial score (nSPS) is 17.9. The van der Waals surface area contributed by atoms with Gasteiger partial charge in [0.05, 0.1) is 18.2 Å². The summed E-state index contributed by atoms with van der Waals surface area (Å²) in [5.41, 5.74) is 0.577. The van der Waals surface area contributed by atoms with Crippen LogP contribution in [0.4, 0.5) is 0 Å². The van der Waals surface area contributed by atoms with Crippen molar-refractivity contribution in [1.29, 1.82) is 0 Å². The van der Waals surface area contributed by atoms with Crippen molar-refractivity contribution in [2.24, 2.45) is 0 Å². The van der Waals surface area contributed by atoms with Crippen molar-refractivity contribution < 1.29 is 4.79 Å². The first-order chi connectivity index (χ1) is 11.5. The van der Waals surface area contributed by atoms with Crippen LogP contribution in [0.15, 0.2) is 24.4 Å². The summed E-state index contributed by atoms with van der Waals surface area (Å²) in [5.74, 6) is 0.476. The van der Waals surface area contributed by atoms with Crippen LogP contribution >= 0.6 is 0 Å². The third-order valence-electron chi connectivity index (χ3n) is 4.40. The Kier molecular flexibility index (Phi) is 4.59. The van der Waals surface area contributed by atoms with Gasteiger partial charge in [0.2, 0.25) is 5.91 Å². The number of carbonyl (C=O) groups excluding carboxylic acids is 1. The van der Waals surface area contributed by atoms with Crippen molar-refractivity contribution in [3.05, 3.63) is 35.9 Å². The first-order valence-corrected chi connectivity index (χ1v) is 8.44. The minimum atomic E-state index is -0.306. The zero-order chi connectivity index (χ0) is 17.2. The fraction of sp³-hybridized carbons (Fsp3) is 0.588. The SMILES string of the molecule is CC(C)(C)N(Cc1ccccn1)C(=O)C1CCCCn2nnnc21. The fourth-order valence-corrected chi connectivity index (χ4v) is 3.08. The average molecular weight is 328 g/mol. The Morgan fingerprint density at radius 3 is 2.88 bits per heavy atom. The highest BCUT2D eigenvalue weighted by Crippen LogP contribution is 2.29. The van der Waals surface area contributed by atoms with Crippen LogP contribution < -0.4 is 0 Å². The molecule has 0 spiro atoms. The van der Waals surface area contributed by atoms with Crippen molar-refractivity contribution >= 4 is 5.91 Å². The highest BCUT2D eigenvalue weighted by Gasteiger charge is 2.36. The summed E-state index contributed by atoms with van der Waals surface area (Å²) in [6.07, 6.45) is 4.53. The number of aromatic nitrogens is 5. The van der Waals surface area contributed by atoms with Gasteiger partial charge < -0.3 is 4.90 Å². The largest absolute Gasteiger partial charge is 0.331 e. The third kappa shape index (κ3) is 3.44. The van der Waals surface area contributed by atoms with E-state index >= 15 is 0 Å². The maximum Gasteiger partial charge on any atom is 0.234 e. The third-order valence-corrected chi connectivity index (χ3v) is 4.40. The zero-order valence-corrected chi connectivity index (χ0v) is 14.5. The van der Waals surface area contributed by atoms with E-state index in [1.165, 1.54) is 0 Å². The van der Waals surface area contributed by atoms with Crippen LogP contribution in [-0.4, -0.2) is 41.5 Å². The van der Waals surface area contributed by atoms with Crippen molar-refractivity contribution in [3.63, 3.8) is 0 Å². The summed E-state index contributed by atoms with van der Waals surface area (Å²) in [6.45, 7) is 7.41. The van der Waals surface area contributed by atoms with Gasteiger partial charge in [-0.15, -0.1) is 5.10 Å². The molecule has 1 aliphatic heterocycles. The second-order valence-electron chi connectivity index (χ2n) is 7.22. The average Bonchev–Trinajstić information content (AvgIpc) is 2.91. The van der Waals surface area contributed by atoms with Gasteiger partial charge in [-0.1, -0.05) is 12.5 Å². The Bertz CT molecular complexity index is 691. The maximum absolute atomic E-state index is 13.4. The lowest BCUT2D eigenvalue weighted by atomic mass is 9.96. The second kappa shape index (κ2) is 6.67. The van der Waals surface area contributed by atoms with Gasteiger partial charge in [-0.3, -0.25) is 9.78 Å². The smallest absolute Gasteiger partial charge is 0.234 e. The quantitative estimate of drug-likeness (QED) is 0.863. The molecular formula is C17H24N6O. The van der Waals surface area contributed by atoms with Crippen molar-refractivity contribution in [2.45, 2.75) is 64.6 Å². The van der Waals surface area contributed by atoms with E-state index in [1.807, 2.05) is 43.9 Å². The predicted molar refractivity (Wildman–Crippen MR) is 88.9 cm³/mol. The van der Waals surface area contributed by atoms with Crippen molar-refractivity contribution in [1.82, 2.24) is 30.1 Å². The number of pyridine rings is 1. The van der Waals surface area contributed by atoms with Crippen LogP contribution in [-0.2, 0) is 17.9 Å². The minimum absolute atomic E-state index is 0.0751. The Morgan fingerprint density at radius 2 is 2.17 bits per heavy atom. The van der Waals surface area contributed by atoms with E-state index in [2.05, 4.69) is 20.5 Å². The number of carbonyl (C=O) groups is 1. The predicted octanol–water partition coefficient (Wildman–Crippen LogP) is 2.16. The Balaban J connectivity index is 1.89. The standard InChI is InChI=1S/C17H24N6O/c1-17(2,3)22(12-13-8-4-6-10-18-13)16(24)14-9-5-7-11-23-15(14)19-20-21-23/h4,6,8,10,14H,5,7,9,11-12H2,1-3H3. The molecule has 1 aliphatic rings. The Hall–Kier alpha value is -2.31. The number of nitrogens with zero attached hydrogens (tertiary/aromatic N) is 6. The van der Waals surface area contributed by atoms with Gasteiger partial charge in [-0.2, -0.15) is 0 Å². The molecule has 1 amide bonds. The van der Waals surface area contributed by atoms with E-state index in [-0.39, 0.29) is 17.4 Å². The van der Waals surface area contributed by atoms with Crippen LogP contribution in [0.25, 0.3) is 0 Å². The van der Waals surface area contributed by atoms with Crippen LogP contribution in [0, 0.1) is 0 Å². The molecule has 0 saturated heterocycles. The molecule has 0 N–H and O–H groups in total. The zero-order valence-electron chi connectivity index (χ0n) is 14.5. The van der Waals surface area contributed by atoms with Crippen LogP contribution in [0.2, 0.25) is 0 Å². The van der Waals surface area contributed by atoms with E-state index in [0.29, 0.717) is 12.4 Å². The van der Waals surface area contributed by atoms with Gasteiger partial charge in [-0.05, 0) is 56.2 Å². The molecule has 0 aromatic carbocycles. The molecule has 1 unspecified atom stereocenters. The summed E-state index contributed by atoms with van der Waals surface area (Å²) >= 11 is 0. The molecule has 3 heterocycles. The number of amides is 1. The highest BCUT2D eigenvalue weighted by molar-refractivity contribution is 5.83. The topological polar surface area (TPSA) is 76.8 Å². The molecule has 0 aliphatic carbocycles. The first kappa shape index (κ1) is 16.5. The minimum Gasteiger partial charge on any atom is -0.331 e. The molecule has 0 saturated carbocycles. The van der Waals surface area contributed by atoms with E-state index in [9.17, 15) is 4.79 Å². The molecule has 2 aromatic rings. The van der Waals surface area contributed by atoms with E-state index < -0.39 is 0 Å². The summed E-state index contributed by atoms with van der Waals surface area (Å²) in [7, 11) is 0. The van der Waals surface area contributed by atoms with Crippen molar-refractivity contribution in [3.8, 4) is 0 Å². The van der Waals surface area contributed by atoms with E-state index in [1.54, 1.807) is 10.9 Å². The number of aryl methyl sites for hydroxylation is 1. The number of tetrazole rings is 1. The Morgan fingerprint density at radius 1 is 1.33 bits per heavy atom. The number of rotatable bonds is 3. The van der Waals surface area contributed by atoms with Gasteiger partial charge in [-0.25, -0.2) is 4.68 Å². The van der Waals surface area contributed by atoms with Crippen LogP contribution in [0.3, 0.4) is 0 Å². The molecular weight excluding hydrogens is 304 g/mol. The summed E-state index contributed by atoms with van der Waals surface area (Å²) in [4.78, 5) is 19.6. The van der Waals surface area contributed by atoms with Gasteiger partial charge in [0, 0.05) is 18.3 Å². The van der Waals surface area contributed by atoms with E-state index in [4.69, 9.17) is 0 Å². The summed E-state index contributed by atoms with van der Waals surface area (Å²) < 4.78 is 1.77. The molecule has 24 heavy (non-hydrogen) atoms. The molecule has 3 rings (SSSR count). The molecule has 2 aromatic heterocycles. The molecule has 0 bridgehead atoms. The highest BCUT2D eigenvalue weighted by atomic mass is 16.2. The van der Waals surface area contributed by atoms with Crippen LogP contribution in [0.1, 0.15) is 57.5 Å². The van der Waals surface area contributed by atoms with Gasteiger partial charge in [0.25, 0.3) is 0 Å². The van der Waals surface area contributed by atoms with Crippen molar-refractivity contribution in [2.75, 3.05) is 0 Å². The maximum atomic E-state index is 13.4. The monoisotopic (exact) mass is 328 g/mol. The molecule has 0 fully saturated rings. The summed E-state index contributed by atoms with van der Waals surface area (Å²) in [5, 5.41) is 11.9. The summed E-state index contributed by atoms with van der Waals surface area (Å²) in [6, 6.07) is 5.77. The molecule has 1 atom stereocenters. The van der Waals surface area contributed by atoms with Gasteiger partial charge in [0.15, 0.2) is 5.82 Å².